The first kappa shape index (κ1) is 41.8. The number of hydrogen-bond donors (Lipinski definition) is 4. The maximum atomic E-state index is 13.9. The number of carbonyl (C=O) groups excluding carboxylic acids is 1. The molecule has 0 bridgehead atoms. The Morgan fingerprint density at radius 1 is 1.00 bits per heavy atom. The molecule has 9 rings (SSSR count). The largest absolute Gasteiger partial charge is 0.455 e. The van der Waals surface area contributed by atoms with Crippen LogP contribution in [0.5, 0.6) is 11.5 Å². The van der Waals surface area contributed by atoms with E-state index in [-0.39, 0.29) is 23.0 Å². The highest BCUT2D eigenvalue weighted by molar-refractivity contribution is 7.90. The summed E-state index contributed by atoms with van der Waals surface area (Å²) in [5, 5.41) is 26.2. The quantitative estimate of drug-likeness (QED) is 0.0698. The standard InChI is InChI=1S/C46H54N8O7S/c1-30-6-3-4-7-37(30)39-8-5-19-53(39)34-25-46(26-34)16-20-52(21-17-46)33-9-10-38(41(23-33)61-35-22-32-13-18-47-42(32)49-28-35)44(55)51-62(59,60)36-24-40(54(57)58)43(50-29-36)48-27-31-11-14-45(2,56)15-12-31/h3-4,6-7,9-10,13,18,22-24,28-29,31,34,39,56H,5,8,11-12,14-17,19-21,25-27H2,1-2H3,(H,47,49)(H,48,50)(H,51,55)/t31?,39-,45?/m1/s1. The average molecular weight is 863 g/mol. The van der Waals surface area contributed by atoms with E-state index in [1.54, 1.807) is 37.4 Å². The van der Waals surface area contributed by atoms with Gasteiger partial charge in [0.25, 0.3) is 15.9 Å². The van der Waals surface area contributed by atoms with Gasteiger partial charge in [0.05, 0.1) is 28.5 Å². The van der Waals surface area contributed by atoms with Crippen LogP contribution in [0.15, 0.2) is 84.1 Å². The minimum Gasteiger partial charge on any atom is -0.455 e. The van der Waals surface area contributed by atoms with Gasteiger partial charge in [0, 0.05) is 61.1 Å². The van der Waals surface area contributed by atoms with Gasteiger partial charge < -0.3 is 25.0 Å². The number of amides is 1. The maximum Gasteiger partial charge on any atom is 0.312 e. The van der Waals surface area contributed by atoms with Crippen molar-refractivity contribution in [1.29, 1.82) is 0 Å². The predicted octanol–water partition coefficient (Wildman–Crippen LogP) is 8.02. The van der Waals surface area contributed by atoms with Crippen LogP contribution < -0.4 is 19.7 Å². The van der Waals surface area contributed by atoms with Gasteiger partial charge >= 0.3 is 5.69 Å². The molecule has 15 nitrogen and oxygen atoms in total. The molecule has 0 unspecified atom stereocenters. The normalized spacial score (nSPS) is 23.0. The van der Waals surface area contributed by atoms with Crippen LogP contribution in [-0.4, -0.2) is 82.0 Å². The predicted molar refractivity (Wildman–Crippen MR) is 236 cm³/mol. The molecule has 1 amide bonds. The van der Waals surface area contributed by atoms with E-state index in [4.69, 9.17) is 4.74 Å². The summed E-state index contributed by atoms with van der Waals surface area (Å²) in [6, 6.07) is 19.5. The number of piperidine rings is 1. The fourth-order valence-corrected chi connectivity index (χ4v) is 11.2. The Morgan fingerprint density at radius 3 is 2.53 bits per heavy atom. The van der Waals surface area contributed by atoms with Crippen molar-refractivity contribution in [1.82, 2.24) is 24.6 Å². The van der Waals surface area contributed by atoms with Crippen molar-refractivity contribution in [3.05, 3.63) is 106 Å². The van der Waals surface area contributed by atoms with Gasteiger partial charge in [-0.1, -0.05) is 24.3 Å². The molecular weight excluding hydrogens is 809 g/mol. The number of nitro groups is 1. The molecule has 5 aromatic rings. The summed E-state index contributed by atoms with van der Waals surface area (Å²) in [6.07, 6.45) is 13.9. The summed E-state index contributed by atoms with van der Waals surface area (Å²) < 4.78 is 35.8. The molecule has 62 heavy (non-hydrogen) atoms. The Morgan fingerprint density at radius 2 is 1.77 bits per heavy atom. The summed E-state index contributed by atoms with van der Waals surface area (Å²) in [5.41, 5.74) is 3.36. The molecule has 5 heterocycles. The number of fused-ring (bicyclic) bond motifs is 1. The number of aliphatic hydroxyl groups is 1. The highest BCUT2D eigenvalue weighted by atomic mass is 32.2. The molecule has 2 aliphatic carbocycles. The molecule has 16 heteroatoms. The monoisotopic (exact) mass is 862 g/mol. The Hall–Kier alpha value is -5.58. The molecule has 4 fully saturated rings. The van der Waals surface area contributed by atoms with Crippen LogP contribution in [0.2, 0.25) is 0 Å². The molecule has 4 aliphatic rings. The minimum absolute atomic E-state index is 0.0390. The van der Waals surface area contributed by atoms with Gasteiger partial charge in [-0.2, -0.15) is 0 Å². The number of nitrogens with one attached hydrogen (secondary N) is 3. The number of benzene rings is 2. The lowest BCUT2D eigenvalue weighted by Gasteiger charge is -2.56. The minimum atomic E-state index is -4.62. The lowest BCUT2D eigenvalue weighted by Crippen LogP contribution is -2.54. The fraction of sp³-hybridized carbons (Fsp3) is 0.457. The highest BCUT2D eigenvalue weighted by Crippen LogP contribution is 2.54. The molecule has 0 radical (unpaired) electrons. The third-order valence-corrected chi connectivity index (χ3v) is 15.3. The molecule has 4 N–H and O–H groups in total. The van der Waals surface area contributed by atoms with Crippen molar-refractivity contribution >= 4 is 44.2 Å². The van der Waals surface area contributed by atoms with Crippen LogP contribution in [0, 0.1) is 28.4 Å². The third kappa shape index (κ3) is 8.59. The number of rotatable bonds is 12. The number of aromatic nitrogens is 3. The summed E-state index contributed by atoms with van der Waals surface area (Å²) >= 11 is 0. The highest BCUT2D eigenvalue weighted by Gasteiger charge is 2.50. The number of anilines is 2. The number of likely N-dealkylation sites (tertiary alicyclic amines) is 1. The summed E-state index contributed by atoms with van der Waals surface area (Å²) in [7, 11) is -4.62. The number of aryl methyl sites for hydroxylation is 1. The molecule has 326 valence electrons. The summed E-state index contributed by atoms with van der Waals surface area (Å²) in [4.78, 5) is 41.4. The molecule has 2 saturated heterocycles. The van der Waals surface area contributed by atoms with Crippen LogP contribution in [0.25, 0.3) is 11.0 Å². The fourth-order valence-electron chi connectivity index (χ4n) is 10.3. The topological polar surface area (TPSA) is 196 Å². The number of nitrogens with zero attached hydrogens (tertiary/aromatic N) is 5. The molecule has 2 aromatic carbocycles. The number of H-pyrrole nitrogens is 1. The zero-order valence-corrected chi connectivity index (χ0v) is 36.0. The molecule has 1 atom stereocenters. The Kier molecular flexibility index (Phi) is 11.2. The van der Waals surface area contributed by atoms with E-state index in [1.807, 2.05) is 6.07 Å². The van der Waals surface area contributed by atoms with Gasteiger partial charge in [-0.15, -0.1) is 0 Å². The van der Waals surface area contributed by atoms with E-state index in [2.05, 4.69) is 66.0 Å². The van der Waals surface area contributed by atoms with Crippen LogP contribution in [-0.2, 0) is 10.0 Å². The Balaban J connectivity index is 0.898. The molecule has 3 aromatic heterocycles. The number of hydrogen-bond acceptors (Lipinski definition) is 12. The molecule has 2 saturated carbocycles. The SMILES string of the molecule is Cc1ccccc1[C@H]1CCCN1C1CC2(CCN(c3ccc(C(=O)NS(=O)(=O)c4cnc(NCC5CCC(C)(O)CC5)c([N+](=O)[O-])c4)c(Oc4cnc5[nH]ccc5c4)c3)CC2)C1. The van der Waals surface area contributed by atoms with Crippen LogP contribution in [0.1, 0.15) is 98.7 Å². The second-order valence-corrected chi connectivity index (χ2v) is 19.9. The Bertz CT molecular complexity index is 2590. The average Bonchev–Trinajstić information content (AvgIpc) is 3.92. The van der Waals surface area contributed by atoms with Crippen molar-refractivity contribution in [2.24, 2.45) is 11.3 Å². The summed E-state index contributed by atoms with van der Waals surface area (Å²) in [5.74, 6) is -0.375. The number of carbonyl (C=O) groups is 1. The van der Waals surface area contributed by atoms with Gasteiger partial charge in [-0.3, -0.25) is 19.8 Å². The number of sulfonamides is 1. The van der Waals surface area contributed by atoms with Crippen molar-refractivity contribution < 1.29 is 28.0 Å². The molecule has 1 spiro atoms. The van der Waals surface area contributed by atoms with Crippen molar-refractivity contribution in [2.45, 2.75) is 101 Å². The van der Waals surface area contributed by atoms with Crippen LogP contribution in [0.4, 0.5) is 17.2 Å². The zero-order chi connectivity index (χ0) is 43.2. The van der Waals surface area contributed by atoms with E-state index >= 15 is 0 Å². The zero-order valence-electron chi connectivity index (χ0n) is 35.2. The van der Waals surface area contributed by atoms with Gasteiger partial charge in [-0.05, 0) is 131 Å². The van der Waals surface area contributed by atoms with Gasteiger partial charge in [0.1, 0.15) is 22.0 Å². The van der Waals surface area contributed by atoms with E-state index in [0.29, 0.717) is 48.3 Å². The first-order valence-electron chi connectivity index (χ1n) is 21.7. The summed E-state index contributed by atoms with van der Waals surface area (Å²) in [6.45, 7) is 7.22. The third-order valence-electron chi connectivity index (χ3n) is 14.0. The van der Waals surface area contributed by atoms with Gasteiger partial charge in [0.15, 0.2) is 0 Å². The van der Waals surface area contributed by atoms with E-state index in [1.165, 1.54) is 43.0 Å². The number of pyridine rings is 2. The maximum absolute atomic E-state index is 13.9. The number of aromatic amines is 1. The first-order valence-corrected chi connectivity index (χ1v) is 23.2. The molecular formula is C46H54N8O7S. The smallest absolute Gasteiger partial charge is 0.312 e. The molecule has 2 aliphatic heterocycles. The second kappa shape index (κ2) is 16.6. The lowest BCUT2D eigenvalue weighted by atomic mass is 9.59. The lowest BCUT2D eigenvalue weighted by molar-refractivity contribution is -0.384. The number of ether oxygens (including phenoxy) is 1. The van der Waals surface area contributed by atoms with Gasteiger partial charge in [0.2, 0.25) is 5.82 Å². The first-order chi connectivity index (χ1) is 29.7. The second-order valence-electron chi connectivity index (χ2n) is 18.2. The van der Waals surface area contributed by atoms with E-state index in [9.17, 15) is 28.4 Å². The van der Waals surface area contributed by atoms with Gasteiger partial charge in [-0.25, -0.2) is 23.1 Å². The van der Waals surface area contributed by atoms with E-state index < -0.39 is 37.0 Å². The van der Waals surface area contributed by atoms with Crippen molar-refractivity contribution in [2.75, 3.05) is 36.4 Å². The van der Waals surface area contributed by atoms with E-state index in [0.717, 1.165) is 68.7 Å². The Labute approximate surface area is 361 Å². The van der Waals surface area contributed by atoms with Crippen LogP contribution >= 0.6 is 0 Å². The van der Waals surface area contributed by atoms with Crippen molar-refractivity contribution in [3.63, 3.8) is 0 Å². The van der Waals surface area contributed by atoms with Crippen LogP contribution in [0.3, 0.4) is 0 Å². The van der Waals surface area contributed by atoms with Crippen molar-refractivity contribution in [3.8, 4) is 11.5 Å².